The van der Waals surface area contributed by atoms with Crippen LogP contribution in [-0.2, 0) is 6.54 Å². The molecule has 0 bridgehead atoms. The summed E-state index contributed by atoms with van der Waals surface area (Å²) in [6, 6.07) is 17.2. The van der Waals surface area contributed by atoms with Crippen molar-refractivity contribution >= 4 is 35.6 Å². The van der Waals surface area contributed by atoms with Crippen LogP contribution >= 0.6 is 24.0 Å². The molecule has 1 unspecified atom stereocenters. The SMILES string of the molecule is CCNC(=NCc1ccc(N2CC=CC2)cc1)NC1CCOc2ccccc21.I. The molecule has 2 aliphatic rings. The zero-order chi connectivity index (χ0) is 19.2. The molecule has 0 fully saturated rings. The van der Waals surface area contributed by atoms with E-state index in [1.165, 1.54) is 16.8 Å². The van der Waals surface area contributed by atoms with Crippen LogP contribution in [0.15, 0.2) is 65.7 Å². The number of hydrogen-bond acceptors (Lipinski definition) is 3. The van der Waals surface area contributed by atoms with Gasteiger partial charge in [-0.3, -0.25) is 0 Å². The molecule has 0 aliphatic carbocycles. The van der Waals surface area contributed by atoms with Crippen molar-refractivity contribution in [2.24, 2.45) is 4.99 Å². The minimum absolute atomic E-state index is 0. The largest absolute Gasteiger partial charge is 0.493 e. The highest BCUT2D eigenvalue weighted by atomic mass is 127. The van der Waals surface area contributed by atoms with Crippen LogP contribution in [0.1, 0.15) is 30.5 Å². The number of rotatable bonds is 5. The molecule has 0 spiro atoms. The molecule has 2 N–H and O–H groups in total. The number of nitrogens with one attached hydrogen (secondary N) is 2. The zero-order valence-corrected chi connectivity index (χ0v) is 19.1. The first kappa shape index (κ1) is 21.5. The van der Waals surface area contributed by atoms with Gasteiger partial charge in [-0.15, -0.1) is 24.0 Å². The van der Waals surface area contributed by atoms with E-state index in [0.717, 1.165) is 44.4 Å². The summed E-state index contributed by atoms with van der Waals surface area (Å²) in [6.07, 6.45) is 5.35. The molecule has 5 nitrogen and oxygen atoms in total. The molecule has 2 aliphatic heterocycles. The number of benzene rings is 2. The van der Waals surface area contributed by atoms with Crippen molar-refractivity contribution in [3.05, 3.63) is 71.8 Å². The maximum absolute atomic E-state index is 5.77. The van der Waals surface area contributed by atoms with Crippen molar-refractivity contribution < 1.29 is 4.74 Å². The van der Waals surface area contributed by atoms with Crippen molar-refractivity contribution in [2.75, 3.05) is 31.1 Å². The fraction of sp³-hybridized carbons (Fsp3) is 0.348. The number of guanidine groups is 1. The molecule has 0 radical (unpaired) electrons. The first-order valence-corrected chi connectivity index (χ1v) is 10.1. The monoisotopic (exact) mass is 504 g/mol. The molecule has 0 saturated heterocycles. The van der Waals surface area contributed by atoms with E-state index in [1.54, 1.807) is 0 Å². The average molecular weight is 504 g/mol. The first-order valence-electron chi connectivity index (χ1n) is 10.1. The van der Waals surface area contributed by atoms with Crippen LogP contribution in [0.3, 0.4) is 0 Å². The lowest BCUT2D eigenvalue weighted by Gasteiger charge is -2.28. The van der Waals surface area contributed by atoms with E-state index < -0.39 is 0 Å². The second kappa shape index (κ2) is 10.5. The molecule has 0 saturated carbocycles. The third kappa shape index (κ3) is 5.44. The molecule has 2 heterocycles. The number of ether oxygens (including phenoxy) is 1. The molecular formula is C23H29IN4O. The van der Waals surface area contributed by atoms with Gasteiger partial charge in [-0.05, 0) is 30.7 Å². The van der Waals surface area contributed by atoms with Crippen LogP contribution in [0, 0.1) is 0 Å². The van der Waals surface area contributed by atoms with Crippen molar-refractivity contribution in [1.82, 2.24) is 10.6 Å². The molecule has 6 heteroatoms. The summed E-state index contributed by atoms with van der Waals surface area (Å²) >= 11 is 0. The summed E-state index contributed by atoms with van der Waals surface area (Å²) in [6.45, 7) is 6.29. The summed E-state index contributed by atoms with van der Waals surface area (Å²) in [5.74, 6) is 1.81. The summed E-state index contributed by atoms with van der Waals surface area (Å²) in [7, 11) is 0. The Labute approximate surface area is 190 Å². The highest BCUT2D eigenvalue weighted by Gasteiger charge is 2.21. The lowest BCUT2D eigenvalue weighted by atomic mass is 10.0. The molecule has 154 valence electrons. The van der Waals surface area contributed by atoms with Gasteiger partial charge in [0.05, 0.1) is 19.2 Å². The topological polar surface area (TPSA) is 48.9 Å². The highest BCUT2D eigenvalue weighted by molar-refractivity contribution is 14.0. The standard InChI is InChI=1S/C23H28N4O.HI/c1-2-24-23(26-21-13-16-28-22-8-4-3-7-20(21)22)25-17-18-9-11-19(12-10-18)27-14-5-6-15-27;/h3-12,21H,2,13-17H2,1H3,(H2,24,25,26);1H. The second-order valence-electron chi connectivity index (χ2n) is 7.11. The molecule has 0 amide bonds. The Morgan fingerprint density at radius 1 is 1.10 bits per heavy atom. The third-order valence-electron chi connectivity index (χ3n) is 5.15. The minimum atomic E-state index is 0. The van der Waals surface area contributed by atoms with E-state index >= 15 is 0 Å². The van der Waals surface area contributed by atoms with Gasteiger partial charge in [0.25, 0.3) is 0 Å². The highest BCUT2D eigenvalue weighted by Crippen LogP contribution is 2.31. The number of anilines is 1. The van der Waals surface area contributed by atoms with Gasteiger partial charge >= 0.3 is 0 Å². The van der Waals surface area contributed by atoms with Crippen molar-refractivity contribution in [3.8, 4) is 5.75 Å². The van der Waals surface area contributed by atoms with Crippen LogP contribution in [0.2, 0.25) is 0 Å². The lowest BCUT2D eigenvalue weighted by Crippen LogP contribution is -2.41. The van der Waals surface area contributed by atoms with Gasteiger partial charge in [-0.1, -0.05) is 42.5 Å². The number of aliphatic imine (C=N–C) groups is 1. The van der Waals surface area contributed by atoms with Crippen LogP contribution < -0.4 is 20.3 Å². The maximum Gasteiger partial charge on any atom is 0.192 e. The number of fused-ring (bicyclic) bond motifs is 1. The average Bonchev–Trinajstić information content (AvgIpc) is 3.28. The number of hydrogen-bond donors (Lipinski definition) is 2. The van der Waals surface area contributed by atoms with E-state index in [4.69, 9.17) is 9.73 Å². The summed E-state index contributed by atoms with van der Waals surface area (Å²) in [5.41, 5.74) is 3.67. The van der Waals surface area contributed by atoms with Crippen molar-refractivity contribution in [2.45, 2.75) is 25.9 Å². The second-order valence-corrected chi connectivity index (χ2v) is 7.11. The Hall–Kier alpha value is -2.22. The minimum Gasteiger partial charge on any atom is -0.493 e. The Kier molecular flexibility index (Phi) is 7.80. The lowest BCUT2D eigenvalue weighted by molar-refractivity contribution is 0.261. The third-order valence-corrected chi connectivity index (χ3v) is 5.15. The van der Waals surface area contributed by atoms with Gasteiger partial charge in [0.15, 0.2) is 5.96 Å². The molecule has 29 heavy (non-hydrogen) atoms. The van der Waals surface area contributed by atoms with E-state index in [9.17, 15) is 0 Å². The van der Waals surface area contributed by atoms with Gasteiger partial charge in [0.1, 0.15) is 5.75 Å². The number of nitrogens with zero attached hydrogens (tertiary/aromatic N) is 2. The van der Waals surface area contributed by atoms with Gasteiger partial charge in [0, 0.05) is 37.3 Å². The smallest absolute Gasteiger partial charge is 0.192 e. The first-order chi connectivity index (χ1) is 13.8. The Morgan fingerprint density at radius 3 is 2.62 bits per heavy atom. The maximum atomic E-state index is 5.77. The van der Waals surface area contributed by atoms with Gasteiger partial charge in [-0.2, -0.15) is 0 Å². The fourth-order valence-electron chi connectivity index (χ4n) is 3.65. The Balaban J connectivity index is 0.00000240. The molecule has 2 aromatic carbocycles. The molecular weight excluding hydrogens is 475 g/mol. The number of halogens is 1. The molecule has 4 rings (SSSR count). The van der Waals surface area contributed by atoms with Crippen molar-refractivity contribution in [1.29, 1.82) is 0 Å². The van der Waals surface area contributed by atoms with Crippen molar-refractivity contribution in [3.63, 3.8) is 0 Å². The molecule has 1 atom stereocenters. The summed E-state index contributed by atoms with van der Waals surface area (Å²) in [5, 5.41) is 6.95. The Morgan fingerprint density at radius 2 is 1.86 bits per heavy atom. The number of para-hydroxylation sites is 1. The van der Waals surface area contributed by atoms with Crippen LogP contribution in [0.4, 0.5) is 5.69 Å². The quantitative estimate of drug-likeness (QED) is 0.277. The van der Waals surface area contributed by atoms with Gasteiger partial charge in [0.2, 0.25) is 0 Å². The van der Waals surface area contributed by atoms with Crippen LogP contribution in [0.5, 0.6) is 5.75 Å². The van der Waals surface area contributed by atoms with Gasteiger partial charge in [-0.25, -0.2) is 4.99 Å². The van der Waals surface area contributed by atoms with E-state index in [0.29, 0.717) is 6.54 Å². The van der Waals surface area contributed by atoms with E-state index in [-0.39, 0.29) is 30.0 Å². The molecule has 0 aromatic heterocycles. The fourth-order valence-corrected chi connectivity index (χ4v) is 3.65. The van der Waals surface area contributed by atoms with Crippen LogP contribution in [0.25, 0.3) is 0 Å². The summed E-state index contributed by atoms with van der Waals surface area (Å²) in [4.78, 5) is 7.15. The van der Waals surface area contributed by atoms with E-state index in [2.05, 4.69) is 71.0 Å². The predicted octanol–water partition coefficient (Wildman–Crippen LogP) is 4.26. The van der Waals surface area contributed by atoms with E-state index in [1.807, 2.05) is 12.1 Å². The predicted molar refractivity (Wildman–Crippen MR) is 130 cm³/mol. The normalized spacial score (nSPS) is 17.9. The molecule has 2 aromatic rings. The van der Waals surface area contributed by atoms with Gasteiger partial charge < -0.3 is 20.3 Å². The zero-order valence-electron chi connectivity index (χ0n) is 16.8. The van der Waals surface area contributed by atoms with Crippen LogP contribution in [-0.4, -0.2) is 32.2 Å². The Bertz CT molecular complexity index is 842. The summed E-state index contributed by atoms with van der Waals surface area (Å²) < 4.78 is 5.77.